The largest absolute Gasteiger partial charge is 0.478 e. The molecule has 0 aliphatic rings. The number of sulfone groups is 1. The second kappa shape index (κ2) is 7.53. The lowest BCUT2D eigenvalue weighted by molar-refractivity contribution is -0.118. The van der Waals surface area contributed by atoms with Crippen molar-refractivity contribution >= 4 is 37.6 Å². The zero-order valence-corrected chi connectivity index (χ0v) is 13.5. The molecular weight excluding hydrogens is 366 g/mol. The van der Waals surface area contributed by atoms with E-state index in [1.54, 1.807) is 0 Å². The molecule has 116 valence electrons. The van der Waals surface area contributed by atoms with E-state index >= 15 is 0 Å². The number of benzene rings is 1. The van der Waals surface area contributed by atoms with Crippen LogP contribution >= 0.6 is 15.9 Å². The number of hydrogen-bond acceptors (Lipinski definition) is 5. The maximum absolute atomic E-state index is 12.1. The molecule has 0 spiro atoms. The molecule has 0 bridgehead atoms. The van der Waals surface area contributed by atoms with E-state index in [2.05, 4.69) is 21.2 Å². The number of ether oxygens (including phenoxy) is 1. The highest BCUT2D eigenvalue weighted by atomic mass is 79.9. The summed E-state index contributed by atoms with van der Waals surface area (Å²) >= 11 is 3.02. The van der Waals surface area contributed by atoms with Crippen molar-refractivity contribution in [2.24, 2.45) is 0 Å². The summed E-state index contributed by atoms with van der Waals surface area (Å²) in [5.41, 5.74) is -0.184. The van der Waals surface area contributed by atoms with Gasteiger partial charge in [0, 0.05) is 18.1 Å². The van der Waals surface area contributed by atoms with Gasteiger partial charge in [-0.05, 0) is 34.1 Å². The second-order valence-corrected chi connectivity index (χ2v) is 6.89. The molecule has 0 saturated heterocycles. The van der Waals surface area contributed by atoms with Crippen molar-refractivity contribution in [3.63, 3.8) is 0 Å². The number of carboxylic acid groups (broad SMARTS) is 1. The number of rotatable bonds is 7. The Bertz CT molecular complexity index is 643. The van der Waals surface area contributed by atoms with Crippen LogP contribution in [0, 0.1) is 0 Å². The van der Waals surface area contributed by atoms with Crippen LogP contribution in [0.3, 0.4) is 0 Å². The zero-order chi connectivity index (χ0) is 16.0. The molecule has 0 radical (unpaired) electrons. The molecule has 0 fully saturated rings. The number of amides is 1. The van der Waals surface area contributed by atoms with Gasteiger partial charge in [-0.2, -0.15) is 0 Å². The molecule has 0 saturated carbocycles. The monoisotopic (exact) mass is 379 g/mol. The third-order valence-electron chi connectivity index (χ3n) is 2.48. The lowest BCUT2D eigenvalue weighted by Gasteiger charge is -2.07. The second-order valence-electron chi connectivity index (χ2n) is 4.05. The minimum atomic E-state index is -3.91. The first-order chi connectivity index (χ1) is 9.77. The zero-order valence-electron chi connectivity index (χ0n) is 11.1. The number of carboxylic acids is 1. The molecule has 21 heavy (non-hydrogen) atoms. The quantitative estimate of drug-likeness (QED) is 0.674. The molecule has 0 atom stereocenters. The van der Waals surface area contributed by atoms with Gasteiger partial charge >= 0.3 is 5.97 Å². The first kappa shape index (κ1) is 17.6. The normalized spacial score (nSPS) is 11.1. The predicted molar refractivity (Wildman–Crippen MR) is 78.0 cm³/mol. The van der Waals surface area contributed by atoms with E-state index in [1.807, 2.05) is 0 Å². The van der Waals surface area contributed by atoms with Crippen molar-refractivity contribution < 1.29 is 27.9 Å². The standard InChI is InChI=1S/C12H14BrNO6S/c1-20-5-4-14-11(15)7-21(18,19)8-2-3-10(13)9(6-8)12(16)17/h2-3,6H,4-5,7H2,1H3,(H,14,15)(H,16,17). The van der Waals surface area contributed by atoms with Gasteiger partial charge in [-0.1, -0.05) is 0 Å². The molecule has 1 amide bonds. The van der Waals surface area contributed by atoms with Crippen LogP contribution < -0.4 is 5.32 Å². The maximum Gasteiger partial charge on any atom is 0.336 e. The van der Waals surface area contributed by atoms with Gasteiger partial charge in [0.25, 0.3) is 0 Å². The molecule has 9 heteroatoms. The Kier molecular flexibility index (Phi) is 6.31. The number of hydrogen-bond donors (Lipinski definition) is 2. The van der Waals surface area contributed by atoms with Gasteiger partial charge in [0.15, 0.2) is 9.84 Å². The Morgan fingerprint density at radius 1 is 1.38 bits per heavy atom. The van der Waals surface area contributed by atoms with Gasteiger partial charge in [-0.3, -0.25) is 4.79 Å². The van der Waals surface area contributed by atoms with Gasteiger partial charge in [0.1, 0.15) is 5.75 Å². The van der Waals surface area contributed by atoms with Crippen molar-refractivity contribution in [1.82, 2.24) is 5.32 Å². The highest BCUT2D eigenvalue weighted by Crippen LogP contribution is 2.21. The summed E-state index contributed by atoms with van der Waals surface area (Å²) < 4.78 is 29.1. The van der Waals surface area contributed by atoms with E-state index in [4.69, 9.17) is 9.84 Å². The average molecular weight is 380 g/mol. The summed E-state index contributed by atoms with van der Waals surface area (Å²) in [7, 11) is -2.45. The van der Waals surface area contributed by atoms with E-state index in [-0.39, 0.29) is 28.1 Å². The van der Waals surface area contributed by atoms with Crippen molar-refractivity contribution in [2.75, 3.05) is 26.0 Å². The number of nitrogens with one attached hydrogen (secondary N) is 1. The third-order valence-corrected chi connectivity index (χ3v) is 4.78. The van der Waals surface area contributed by atoms with Crippen LogP contribution in [0.5, 0.6) is 0 Å². The van der Waals surface area contributed by atoms with E-state index in [0.29, 0.717) is 0 Å². The molecule has 1 rings (SSSR count). The van der Waals surface area contributed by atoms with E-state index < -0.39 is 27.5 Å². The summed E-state index contributed by atoms with van der Waals surface area (Å²) in [6.07, 6.45) is 0. The lowest BCUT2D eigenvalue weighted by Crippen LogP contribution is -2.32. The first-order valence-electron chi connectivity index (χ1n) is 5.79. The minimum Gasteiger partial charge on any atom is -0.478 e. The van der Waals surface area contributed by atoms with Crippen LogP contribution in [0.4, 0.5) is 0 Å². The van der Waals surface area contributed by atoms with Crippen LogP contribution in [-0.2, 0) is 19.4 Å². The molecule has 0 heterocycles. The summed E-state index contributed by atoms with van der Waals surface area (Å²) in [5, 5.41) is 11.4. The van der Waals surface area contributed by atoms with E-state index in [1.165, 1.54) is 19.2 Å². The van der Waals surface area contributed by atoms with Gasteiger partial charge in [0.05, 0.1) is 17.1 Å². The predicted octanol–water partition coefficient (Wildman–Crippen LogP) is 0.684. The van der Waals surface area contributed by atoms with Gasteiger partial charge in [-0.15, -0.1) is 0 Å². The van der Waals surface area contributed by atoms with E-state index in [0.717, 1.165) is 6.07 Å². The summed E-state index contributed by atoms with van der Waals surface area (Å²) in [4.78, 5) is 22.3. The highest BCUT2D eigenvalue weighted by Gasteiger charge is 2.21. The topological polar surface area (TPSA) is 110 Å². The number of aromatic carboxylic acids is 1. The Morgan fingerprint density at radius 3 is 2.62 bits per heavy atom. The lowest BCUT2D eigenvalue weighted by atomic mass is 10.2. The molecular formula is C12H14BrNO6S. The highest BCUT2D eigenvalue weighted by molar-refractivity contribution is 9.10. The van der Waals surface area contributed by atoms with Crippen molar-refractivity contribution in [3.8, 4) is 0 Å². The fourth-order valence-electron chi connectivity index (χ4n) is 1.46. The fourth-order valence-corrected chi connectivity index (χ4v) is 3.06. The van der Waals surface area contributed by atoms with Crippen LogP contribution in [0.25, 0.3) is 0 Å². The van der Waals surface area contributed by atoms with Crippen molar-refractivity contribution in [1.29, 1.82) is 0 Å². The molecule has 1 aromatic carbocycles. The van der Waals surface area contributed by atoms with Crippen LogP contribution in [0.1, 0.15) is 10.4 Å². The molecule has 0 aromatic heterocycles. The molecule has 0 aliphatic heterocycles. The van der Waals surface area contributed by atoms with E-state index in [9.17, 15) is 18.0 Å². The number of methoxy groups -OCH3 is 1. The smallest absolute Gasteiger partial charge is 0.336 e. The van der Waals surface area contributed by atoms with Crippen molar-refractivity contribution in [3.05, 3.63) is 28.2 Å². The van der Waals surface area contributed by atoms with Crippen LogP contribution in [0.2, 0.25) is 0 Å². The fraction of sp³-hybridized carbons (Fsp3) is 0.333. The van der Waals surface area contributed by atoms with Crippen molar-refractivity contribution in [2.45, 2.75) is 4.90 Å². The molecule has 0 unspecified atom stereocenters. The van der Waals surface area contributed by atoms with Crippen LogP contribution in [-0.4, -0.2) is 51.4 Å². The Morgan fingerprint density at radius 2 is 2.05 bits per heavy atom. The van der Waals surface area contributed by atoms with Crippen LogP contribution in [0.15, 0.2) is 27.6 Å². The Balaban J connectivity index is 2.90. The van der Waals surface area contributed by atoms with Gasteiger partial charge in [-0.25, -0.2) is 13.2 Å². The number of carbonyl (C=O) groups is 2. The molecule has 2 N–H and O–H groups in total. The molecule has 7 nitrogen and oxygen atoms in total. The van der Waals surface area contributed by atoms with Gasteiger partial charge in [0.2, 0.25) is 5.91 Å². The summed E-state index contributed by atoms with van der Waals surface area (Å²) in [6, 6.07) is 3.58. The first-order valence-corrected chi connectivity index (χ1v) is 8.23. The Labute approximate surface area is 130 Å². The number of halogens is 1. The number of carbonyl (C=O) groups excluding carboxylic acids is 1. The summed E-state index contributed by atoms with van der Waals surface area (Å²) in [5.74, 6) is -2.69. The molecule has 1 aromatic rings. The molecule has 0 aliphatic carbocycles. The third kappa shape index (κ3) is 5.10. The maximum atomic E-state index is 12.1. The summed E-state index contributed by atoms with van der Waals surface area (Å²) in [6.45, 7) is 0.471. The average Bonchev–Trinajstić information content (AvgIpc) is 2.38. The van der Waals surface area contributed by atoms with Gasteiger partial charge < -0.3 is 15.2 Å². The Hall–Kier alpha value is -1.45. The SMILES string of the molecule is COCCNC(=O)CS(=O)(=O)c1ccc(Br)c(C(=O)O)c1. The minimum absolute atomic E-state index is 0.184.